The Balaban J connectivity index is 1.48. The highest BCUT2D eigenvalue weighted by Gasteiger charge is 2.16. The first-order chi connectivity index (χ1) is 18.5. The minimum atomic E-state index is -0.323. The molecule has 0 unspecified atom stereocenters. The lowest BCUT2D eigenvalue weighted by Crippen LogP contribution is -2.18. The molecule has 0 saturated heterocycles. The molecule has 7 heteroatoms. The molecule has 0 amide bonds. The van der Waals surface area contributed by atoms with Crippen LogP contribution in [0.1, 0.15) is 11.1 Å². The maximum Gasteiger partial charge on any atom is 0.253 e. The number of hydrogen-bond donors (Lipinski definition) is 1. The summed E-state index contributed by atoms with van der Waals surface area (Å²) in [7, 11) is 0. The van der Waals surface area contributed by atoms with Crippen LogP contribution < -0.4 is 5.56 Å². The largest absolute Gasteiger partial charge is 0.306 e. The molecule has 0 fully saturated rings. The van der Waals surface area contributed by atoms with Crippen LogP contribution in [-0.2, 0) is 17.6 Å². The molecule has 0 saturated carbocycles. The Labute approximate surface area is 223 Å². The first-order valence-corrected chi connectivity index (χ1v) is 12.5. The van der Waals surface area contributed by atoms with Crippen LogP contribution in [-0.4, -0.2) is 25.7 Å². The summed E-state index contributed by atoms with van der Waals surface area (Å²) in [4.78, 5) is 41.9. The van der Waals surface area contributed by atoms with Crippen LogP contribution in [0.3, 0.4) is 0 Å². The van der Waals surface area contributed by atoms with E-state index in [2.05, 4.69) is 15.0 Å². The summed E-state index contributed by atoms with van der Waals surface area (Å²) in [6.07, 6.45) is 5.27. The quantitative estimate of drug-likeness (QED) is 0.284. The average Bonchev–Trinajstić information content (AvgIpc) is 2.94. The van der Waals surface area contributed by atoms with Gasteiger partial charge in [-0.25, -0.2) is 4.98 Å². The summed E-state index contributed by atoms with van der Waals surface area (Å²) >= 11 is 6.63. The zero-order chi connectivity index (χ0) is 26.1. The number of nitrogens with zero attached hydrogens (tertiary/aromatic N) is 3. The van der Waals surface area contributed by atoms with Crippen molar-refractivity contribution in [3.63, 3.8) is 0 Å². The van der Waals surface area contributed by atoms with E-state index in [9.17, 15) is 9.59 Å². The van der Waals surface area contributed by atoms with Crippen LogP contribution in [0.25, 0.3) is 44.3 Å². The van der Waals surface area contributed by atoms with Gasteiger partial charge in [-0.3, -0.25) is 19.6 Å². The third kappa shape index (κ3) is 4.69. The van der Waals surface area contributed by atoms with Gasteiger partial charge in [-0.2, -0.15) is 0 Å². The van der Waals surface area contributed by atoms with Gasteiger partial charge in [-0.1, -0.05) is 54.1 Å². The third-order valence-corrected chi connectivity index (χ3v) is 6.72. The van der Waals surface area contributed by atoms with Gasteiger partial charge in [0.25, 0.3) is 5.56 Å². The molecule has 4 aromatic heterocycles. The second kappa shape index (κ2) is 10.00. The van der Waals surface area contributed by atoms with Gasteiger partial charge >= 0.3 is 0 Å². The van der Waals surface area contributed by atoms with Crippen LogP contribution in [0.2, 0.25) is 5.02 Å². The number of halogens is 1. The minimum absolute atomic E-state index is 0.0173. The number of benzene rings is 2. The highest BCUT2D eigenvalue weighted by molar-refractivity contribution is 6.35. The molecule has 0 aliphatic carbocycles. The van der Waals surface area contributed by atoms with Gasteiger partial charge in [0.2, 0.25) is 0 Å². The molecular weight excluding hydrogens is 496 g/mol. The number of carbonyl (C=O) groups is 1. The lowest BCUT2D eigenvalue weighted by molar-refractivity contribution is -0.117. The highest BCUT2D eigenvalue weighted by atomic mass is 35.5. The topological polar surface area (TPSA) is 88.6 Å². The van der Waals surface area contributed by atoms with Crippen molar-refractivity contribution in [2.75, 3.05) is 0 Å². The van der Waals surface area contributed by atoms with Crippen LogP contribution in [0.4, 0.5) is 0 Å². The number of aromatic amines is 1. The molecule has 0 spiro atoms. The van der Waals surface area contributed by atoms with Crippen molar-refractivity contribution >= 4 is 39.3 Å². The molecule has 2 aromatic carbocycles. The molecule has 6 nitrogen and oxygen atoms in total. The molecular formula is C31H21ClN4O2. The first kappa shape index (κ1) is 23.7. The summed E-state index contributed by atoms with van der Waals surface area (Å²) in [5.41, 5.74) is 5.43. The normalized spacial score (nSPS) is 11.2. The van der Waals surface area contributed by atoms with Crippen LogP contribution >= 0.6 is 11.6 Å². The molecule has 0 bridgehead atoms. The van der Waals surface area contributed by atoms with Crippen molar-refractivity contribution in [2.45, 2.75) is 12.8 Å². The maximum absolute atomic E-state index is 12.9. The highest BCUT2D eigenvalue weighted by Crippen LogP contribution is 2.36. The molecule has 0 aliphatic heterocycles. The molecule has 0 atom stereocenters. The Kier molecular flexibility index (Phi) is 6.23. The van der Waals surface area contributed by atoms with Crippen molar-refractivity contribution in [2.24, 2.45) is 0 Å². The summed E-state index contributed by atoms with van der Waals surface area (Å²) in [5.74, 6) is -0.0641. The number of aromatic nitrogens is 4. The smallest absolute Gasteiger partial charge is 0.253 e. The standard InChI is InChI=1S/C31H21ClN4O2/c32-27-17-22(13-21-9-5-11-34-29(21)27)26-16-23-14-24(15-25(37)12-19-6-4-10-33-18-19)31(38)36-30(23)35-28(26)20-7-2-1-3-8-20/h1-11,13-14,16-18H,12,15H2,(H,35,36,38). The summed E-state index contributed by atoms with van der Waals surface area (Å²) in [6, 6.07) is 24.9. The summed E-state index contributed by atoms with van der Waals surface area (Å²) in [5, 5.41) is 2.18. The SMILES string of the molecule is O=C(Cc1cccnc1)Cc1cc2cc(-c3cc(Cl)c4ncccc4c3)c(-c3ccccc3)nc2[nH]c1=O. The first-order valence-electron chi connectivity index (χ1n) is 12.1. The minimum Gasteiger partial charge on any atom is -0.306 e. The number of nitrogens with one attached hydrogen (secondary N) is 1. The van der Waals surface area contributed by atoms with Crippen molar-refractivity contribution in [3.8, 4) is 22.4 Å². The van der Waals surface area contributed by atoms with Gasteiger partial charge in [0.05, 0.1) is 16.2 Å². The predicted octanol–water partition coefficient (Wildman–Crippen LogP) is 6.21. The number of ketones is 1. The molecule has 4 heterocycles. The fourth-order valence-corrected chi connectivity index (χ4v) is 4.93. The fourth-order valence-electron chi connectivity index (χ4n) is 4.66. The zero-order valence-electron chi connectivity index (χ0n) is 20.2. The van der Waals surface area contributed by atoms with Crippen molar-refractivity contribution < 1.29 is 4.79 Å². The monoisotopic (exact) mass is 516 g/mol. The molecule has 38 heavy (non-hydrogen) atoms. The van der Waals surface area contributed by atoms with E-state index < -0.39 is 0 Å². The van der Waals surface area contributed by atoms with E-state index in [4.69, 9.17) is 16.6 Å². The van der Waals surface area contributed by atoms with E-state index in [0.29, 0.717) is 21.9 Å². The molecule has 0 radical (unpaired) electrons. The molecule has 0 aliphatic rings. The van der Waals surface area contributed by atoms with E-state index in [1.54, 1.807) is 30.7 Å². The molecule has 6 aromatic rings. The molecule has 184 valence electrons. The average molecular weight is 517 g/mol. The van der Waals surface area contributed by atoms with Crippen molar-refractivity contribution in [1.82, 2.24) is 19.9 Å². The van der Waals surface area contributed by atoms with Crippen molar-refractivity contribution in [3.05, 3.63) is 124 Å². The number of fused-ring (bicyclic) bond motifs is 2. The van der Waals surface area contributed by atoms with Crippen LogP contribution in [0.15, 0.2) is 102 Å². The summed E-state index contributed by atoms with van der Waals surface area (Å²) < 4.78 is 0. The molecule has 6 rings (SSSR count). The molecule has 1 N–H and O–H groups in total. The lowest BCUT2D eigenvalue weighted by Gasteiger charge is -2.13. The van der Waals surface area contributed by atoms with E-state index in [0.717, 1.165) is 38.5 Å². The number of carbonyl (C=O) groups excluding carboxylic acids is 1. The number of pyridine rings is 4. The van der Waals surface area contributed by atoms with Crippen LogP contribution in [0.5, 0.6) is 0 Å². The van der Waals surface area contributed by atoms with Crippen molar-refractivity contribution in [1.29, 1.82) is 0 Å². The van der Waals surface area contributed by atoms with Gasteiger partial charge in [-0.05, 0) is 47.5 Å². The third-order valence-electron chi connectivity index (χ3n) is 6.43. The van der Waals surface area contributed by atoms with E-state index in [-0.39, 0.29) is 24.2 Å². The van der Waals surface area contributed by atoms with Gasteiger partial charge in [-0.15, -0.1) is 0 Å². The number of Topliss-reactive ketones (excluding diaryl/α,β-unsaturated/α-hetero) is 1. The Bertz CT molecular complexity index is 1870. The maximum atomic E-state index is 12.9. The Morgan fingerprint density at radius 3 is 2.50 bits per heavy atom. The van der Waals surface area contributed by atoms with Gasteiger partial charge in [0.1, 0.15) is 11.4 Å². The number of hydrogen-bond acceptors (Lipinski definition) is 5. The van der Waals surface area contributed by atoms with E-state index >= 15 is 0 Å². The second-order valence-corrected chi connectivity index (χ2v) is 9.51. The Morgan fingerprint density at radius 2 is 1.68 bits per heavy atom. The zero-order valence-corrected chi connectivity index (χ0v) is 20.9. The Hall–Kier alpha value is -4.68. The predicted molar refractivity (Wildman–Crippen MR) is 150 cm³/mol. The van der Waals surface area contributed by atoms with E-state index in [1.807, 2.05) is 66.7 Å². The lowest BCUT2D eigenvalue weighted by atomic mass is 9.96. The van der Waals surface area contributed by atoms with Crippen LogP contribution in [0, 0.1) is 0 Å². The number of H-pyrrole nitrogens is 1. The summed E-state index contributed by atoms with van der Waals surface area (Å²) in [6.45, 7) is 0. The fraction of sp³-hybridized carbons (Fsp3) is 0.0645. The van der Waals surface area contributed by atoms with Gasteiger partial charge < -0.3 is 4.98 Å². The Morgan fingerprint density at radius 1 is 0.842 bits per heavy atom. The van der Waals surface area contributed by atoms with Gasteiger partial charge in [0, 0.05) is 58.9 Å². The van der Waals surface area contributed by atoms with Gasteiger partial charge in [0.15, 0.2) is 0 Å². The second-order valence-electron chi connectivity index (χ2n) is 9.10. The van der Waals surface area contributed by atoms with E-state index in [1.165, 1.54) is 0 Å². The number of rotatable bonds is 6.